The fraction of sp³-hybridized carbons (Fsp3) is 0.200. The van der Waals surface area contributed by atoms with Gasteiger partial charge < -0.3 is 0 Å². The highest BCUT2D eigenvalue weighted by Crippen LogP contribution is 2.14. The van der Waals surface area contributed by atoms with Crippen molar-refractivity contribution in [3.63, 3.8) is 0 Å². The lowest BCUT2D eigenvalue weighted by Crippen LogP contribution is -2.01. The third-order valence-electron chi connectivity index (χ3n) is 1.62. The Morgan fingerprint density at radius 3 is 3.08 bits per heavy atom. The molecule has 1 rings (SSSR count). The molecule has 0 amide bonds. The lowest BCUT2D eigenvalue weighted by Gasteiger charge is -2.00. The molecule has 0 bridgehead atoms. The van der Waals surface area contributed by atoms with E-state index in [1.54, 1.807) is 18.3 Å². The molecule has 0 saturated heterocycles. The molecule has 2 nitrogen and oxygen atoms in total. The van der Waals surface area contributed by atoms with Crippen molar-refractivity contribution in [1.29, 1.82) is 0 Å². The van der Waals surface area contributed by atoms with Crippen molar-refractivity contribution >= 4 is 17.4 Å². The van der Waals surface area contributed by atoms with E-state index in [1.165, 1.54) is 6.20 Å². The number of carbonyl (C=O) groups is 1. The Balaban J connectivity index is 2.68. The molecular weight excluding hydrogens is 186 g/mol. The zero-order valence-electron chi connectivity index (χ0n) is 7.16. The van der Waals surface area contributed by atoms with Gasteiger partial charge in [-0.3, -0.25) is 9.78 Å². The van der Waals surface area contributed by atoms with Crippen LogP contribution < -0.4 is 0 Å². The molecule has 68 valence electrons. The van der Waals surface area contributed by atoms with Crippen molar-refractivity contribution in [2.24, 2.45) is 0 Å². The van der Waals surface area contributed by atoms with Crippen molar-refractivity contribution in [3.8, 4) is 0 Å². The predicted molar refractivity (Wildman–Crippen MR) is 52.8 cm³/mol. The molecule has 0 radical (unpaired) electrons. The molecule has 3 heteroatoms. The van der Waals surface area contributed by atoms with Gasteiger partial charge in [0, 0.05) is 25.2 Å². The van der Waals surface area contributed by atoms with E-state index in [-0.39, 0.29) is 5.78 Å². The third-order valence-corrected chi connectivity index (χ3v) is 1.96. The van der Waals surface area contributed by atoms with Gasteiger partial charge in [-0.05, 0) is 11.6 Å². The fourth-order valence-corrected chi connectivity index (χ4v) is 1.18. The van der Waals surface area contributed by atoms with Gasteiger partial charge in [0.15, 0.2) is 0 Å². The van der Waals surface area contributed by atoms with Gasteiger partial charge in [0.1, 0.15) is 5.78 Å². The maximum Gasteiger partial charge on any atom is 0.141 e. The fourth-order valence-electron chi connectivity index (χ4n) is 0.993. The SMILES string of the molecule is C=CCC(=O)Cc1ccncc1Cl. The van der Waals surface area contributed by atoms with Crippen LogP contribution in [0.1, 0.15) is 12.0 Å². The molecule has 0 spiro atoms. The minimum absolute atomic E-state index is 0.114. The molecule has 0 aliphatic heterocycles. The minimum atomic E-state index is 0.114. The van der Waals surface area contributed by atoms with Crippen LogP contribution in [0.3, 0.4) is 0 Å². The number of ketones is 1. The third kappa shape index (κ3) is 2.99. The van der Waals surface area contributed by atoms with Crippen LogP contribution in [-0.4, -0.2) is 10.8 Å². The first kappa shape index (κ1) is 9.93. The Bertz CT molecular complexity index is 322. The van der Waals surface area contributed by atoms with E-state index in [9.17, 15) is 4.79 Å². The largest absolute Gasteiger partial charge is 0.299 e. The molecule has 1 heterocycles. The second-order valence-corrected chi connectivity index (χ2v) is 3.08. The highest BCUT2D eigenvalue weighted by atomic mass is 35.5. The number of Topliss-reactive ketones (excluding diaryl/α,β-unsaturated/α-hetero) is 1. The number of hydrogen-bond acceptors (Lipinski definition) is 2. The van der Waals surface area contributed by atoms with Gasteiger partial charge in [0.05, 0.1) is 5.02 Å². The summed E-state index contributed by atoms with van der Waals surface area (Å²) in [6.07, 6.45) is 5.50. The molecule has 0 aromatic carbocycles. The van der Waals surface area contributed by atoms with Gasteiger partial charge in [-0.2, -0.15) is 0 Å². The van der Waals surface area contributed by atoms with Crippen LogP contribution >= 0.6 is 11.6 Å². The van der Waals surface area contributed by atoms with Gasteiger partial charge in [-0.15, -0.1) is 6.58 Å². The second-order valence-electron chi connectivity index (χ2n) is 2.68. The Labute approximate surface area is 82.3 Å². The lowest BCUT2D eigenvalue weighted by atomic mass is 10.1. The zero-order chi connectivity index (χ0) is 9.68. The molecule has 13 heavy (non-hydrogen) atoms. The summed E-state index contributed by atoms with van der Waals surface area (Å²) in [6.45, 7) is 3.50. The van der Waals surface area contributed by atoms with Crippen molar-refractivity contribution < 1.29 is 4.79 Å². The van der Waals surface area contributed by atoms with E-state index in [0.717, 1.165) is 5.56 Å². The van der Waals surface area contributed by atoms with E-state index in [4.69, 9.17) is 11.6 Å². The van der Waals surface area contributed by atoms with Gasteiger partial charge in [-0.25, -0.2) is 0 Å². The van der Waals surface area contributed by atoms with Crippen LogP contribution in [0.15, 0.2) is 31.1 Å². The molecule has 1 aromatic rings. The smallest absolute Gasteiger partial charge is 0.141 e. The van der Waals surface area contributed by atoms with Crippen molar-refractivity contribution in [1.82, 2.24) is 4.98 Å². The molecule has 0 aliphatic rings. The molecular formula is C10H10ClNO. The quantitative estimate of drug-likeness (QED) is 0.691. The summed E-state index contributed by atoms with van der Waals surface area (Å²) in [6, 6.07) is 1.75. The number of halogens is 1. The number of aromatic nitrogens is 1. The molecule has 0 unspecified atom stereocenters. The van der Waals surface area contributed by atoms with E-state index < -0.39 is 0 Å². The Morgan fingerprint density at radius 1 is 1.69 bits per heavy atom. The van der Waals surface area contributed by atoms with Crippen LogP contribution in [-0.2, 0) is 11.2 Å². The first-order valence-corrected chi connectivity index (χ1v) is 4.33. The van der Waals surface area contributed by atoms with E-state index >= 15 is 0 Å². The summed E-state index contributed by atoms with van der Waals surface area (Å²) in [4.78, 5) is 15.0. The molecule has 0 fully saturated rings. The summed E-state index contributed by atoms with van der Waals surface area (Å²) in [5.41, 5.74) is 0.823. The minimum Gasteiger partial charge on any atom is -0.299 e. The van der Waals surface area contributed by atoms with Crippen molar-refractivity contribution in [2.75, 3.05) is 0 Å². The lowest BCUT2D eigenvalue weighted by molar-refractivity contribution is -0.117. The first-order chi connectivity index (χ1) is 6.24. The Morgan fingerprint density at radius 2 is 2.46 bits per heavy atom. The number of allylic oxidation sites excluding steroid dienone is 1. The summed E-state index contributed by atoms with van der Waals surface area (Å²) in [5, 5.41) is 0.542. The molecule has 1 aromatic heterocycles. The highest BCUT2D eigenvalue weighted by Gasteiger charge is 2.04. The van der Waals surface area contributed by atoms with E-state index in [0.29, 0.717) is 17.9 Å². The van der Waals surface area contributed by atoms with Crippen LogP contribution in [0.25, 0.3) is 0 Å². The summed E-state index contributed by atoms with van der Waals surface area (Å²) >= 11 is 5.83. The van der Waals surface area contributed by atoms with Gasteiger partial charge >= 0.3 is 0 Å². The predicted octanol–water partition coefficient (Wildman–Crippen LogP) is 2.42. The van der Waals surface area contributed by atoms with Crippen LogP contribution in [0.4, 0.5) is 0 Å². The molecule has 0 atom stereocenters. The zero-order valence-corrected chi connectivity index (χ0v) is 7.92. The standard InChI is InChI=1S/C10H10ClNO/c1-2-3-9(13)6-8-4-5-12-7-10(8)11/h2,4-5,7H,1,3,6H2. The number of carbonyl (C=O) groups excluding carboxylic acids is 1. The first-order valence-electron chi connectivity index (χ1n) is 3.95. The van der Waals surface area contributed by atoms with E-state index in [2.05, 4.69) is 11.6 Å². The summed E-state index contributed by atoms with van der Waals surface area (Å²) in [7, 11) is 0. The number of rotatable bonds is 4. The van der Waals surface area contributed by atoms with Gasteiger partial charge in [0.2, 0.25) is 0 Å². The number of hydrogen-bond donors (Lipinski definition) is 0. The average molecular weight is 196 g/mol. The molecule has 0 N–H and O–H groups in total. The second kappa shape index (κ2) is 4.77. The number of pyridine rings is 1. The highest BCUT2D eigenvalue weighted by molar-refractivity contribution is 6.31. The normalized spacial score (nSPS) is 9.62. The molecule has 0 aliphatic carbocycles. The number of nitrogens with zero attached hydrogens (tertiary/aromatic N) is 1. The summed E-state index contributed by atoms with van der Waals surface area (Å²) in [5.74, 6) is 0.114. The molecule has 0 saturated carbocycles. The topological polar surface area (TPSA) is 30.0 Å². The Hall–Kier alpha value is -1.15. The van der Waals surface area contributed by atoms with Gasteiger partial charge in [-0.1, -0.05) is 17.7 Å². The average Bonchev–Trinajstić information content (AvgIpc) is 2.09. The van der Waals surface area contributed by atoms with Crippen LogP contribution in [0.2, 0.25) is 5.02 Å². The van der Waals surface area contributed by atoms with E-state index in [1.807, 2.05) is 0 Å². The Kier molecular flexibility index (Phi) is 3.65. The summed E-state index contributed by atoms with van der Waals surface area (Å²) < 4.78 is 0. The van der Waals surface area contributed by atoms with Crippen molar-refractivity contribution in [2.45, 2.75) is 12.8 Å². The van der Waals surface area contributed by atoms with Crippen molar-refractivity contribution in [3.05, 3.63) is 41.7 Å². The van der Waals surface area contributed by atoms with Crippen LogP contribution in [0, 0.1) is 0 Å². The maximum absolute atomic E-state index is 11.2. The van der Waals surface area contributed by atoms with Crippen LogP contribution in [0.5, 0.6) is 0 Å². The van der Waals surface area contributed by atoms with Gasteiger partial charge in [0.25, 0.3) is 0 Å². The monoisotopic (exact) mass is 195 g/mol. The maximum atomic E-state index is 11.2.